The number of hydrogen-bond acceptors (Lipinski definition) is 7. The van der Waals surface area contributed by atoms with E-state index in [1.807, 2.05) is 20.8 Å². The first-order chi connectivity index (χ1) is 13.4. The van der Waals surface area contributed by atoms with Gasteiger partial charge in [-0.05, 0) is 39.0 Å². The van der Waals surface area contributed by atoms with Crippen LogP contribution in [0.3, 0.4) is 0 Å². The molecule has 9 heteroatoms. The van der Waals surface area contributed by atoms with Crippen molar-refractivity contribution in [3.63, 3.8) is 0 Å². The third kappa shape index (κ3) is 3.36. The number of ether oxygens (including phenoxy) is 1. The van der Waals surface area contributed by atoms with Crippen LogP contribution in [-0.2, 0) is 4.84 Å². The summed E-state index contributed by atoms with van der Waals surface area (Å²) in [5.74, 6) is 0.631. The van der Waals surface area contributed by atoms with Crippen molar-refractivity contribution in [3.05, 3.63) is 53.6 Å². The molecule has 0 amide bonds. The van der Waals surface area contributed by atoms with Crippen LogP contribution in [0.1, 0.15) is 38.0 Å². The zero-order chi connectivity index (χ0) is 19.9. The van der Waals surface area contributed by atoms with Crippen molar-refractivity contribution in [3.8, 4) is 5.88 Å². The molecule has 1 atom stereocenters. The number of anilines is 1. The first-order valence-corrected chi connectivity index (χ1v) is 8.89. The molecule has 0 radical (unpaired) electrons. The molecule has 1 aliphatic rings. The van der Waals surface area contributed by atoms with Gasteiger partial charge in [0.15, 0.2) is 17.2 Å². The van der Waals surface area contributed by atoms with E-state index in [1.165, 1.54) is 12.1 Å². The Morgan fingerprint density at radius 3 is 2.86 bits per heavy atom. The van der Waals surface area contributed by atoms with Crippen LogP contribution in [0.5, 0.6) is 5.88 Å². The molecule has 4 rings (SSSR count). The van der Waals surface area contributed by atoms with Crippen molar-refractivity contribution < 1.29 is 14.0 Å². The first-order valence-electron chi connectivity index (χ1n) is 8.89. The van der Waals surface area contributed by atoms with E-state index in [1.54, 1.807) is 36.1 Å². The lowest BCUT2D eigenvalue weighted by atomic mass is 10.1. The molecular formula is C19H21FN6O2. The average molecular weight is 384 g/mol. The second-order valence-electron chi connectivity index (χ2n) is 6.95. The Morgan fingerprint density at radius 1 is 1.32 bits per heavy atom. The summed E-state index contributed by atoms with van der Waals surface area (Å²) in [4.78, 5) is 14.5. The molecule has 146 valence electrons. The molecule has 1 aromatic carbocycles. The van der Waals surface area contributed by atoms with Gasteiger partial charge in [0.05, 0.1) is 11.8 Å². The van der Waals surface area contributed by atoms with Crippen LogP contribution in [0.15, 0.2) is 41.7 Å². The zero-order valence-corrected chi connectivity index (χ0v) is 16.0. The fourth-order valence-corrected chi connectivity index (χ4v) is 3.03. The molecule has 0 spiro atoms. The van der Waals surface area contributed by atoms with Crippen LogP contribution in [0.4, 0.5) is 10.1 Å². The van der Waals surface area contributed by atoms with Crippen molar-refractivity contribution in [2.45, 2.75) is 32.6 Å². The number of nitrogens with one attached hydrogen (secondary N) is 2. The highest BCUT2D eigenvalue weighted by Crippen LogP contribution is 2.28. The topological polar surface area (TPSA) is 85.1 Å². The summed E-state index contributed by atoms with van der Waals surface area (Å²) < 4.78 is 21.3. The molecule has 0 saturated heterocycles. The maximum absolute atomic E-state index is 13.7. The van der Waals surface area contributed by atoms with E-state index in [0.717, 1.165) is 5.69 Å². The minimum Gasteiger partial charge on any atom is -0.470 e. The van der Waals surface area contributed by atoms with Gasteiger partial charge in [-0.3, -0.25) is 0 Å². The predicted octanol–water partition coefficient (Wildman–Crippen LogP) is 3.07. The molecule has 3 heterocycles. The minimum atomic E-state index is -0.660. The molecular weight excluding hydrogens is 363 g/mol. The van der Waals surface area contributed by atoms with Crippen LogP contribution in [0.2, 0.25) is 0 Å². The Labute approximate surface area is 161 Å². The van der Waals surface area contributed by atoms with Gasteiger partial charge in [0, 0.05) is 30.6 Å². The third-order valence-corrected chi connectivity index (χ3v) is 4.40. The molecule has 28 heavy (non-hydrogen) atoms. The second kappa shape index (κ2) is 6.75. The Kier molecular flexibility index (Phi) is 4.38. The Morgan fingerprint density at radius 2 is 2.14 bits per heavy atom. The highest BCUT2D eigenvalue weighted by molar-refractivity contribution is 6.03. The highest BCUT2D eigenvalue weighted by atomic mass is 19.1. The van der Waals surface area contributed by atoms with Crippen LogP contribution in [0, 0.1) is 5.82 Å². The van der Waals surface area contributed by atoms with Gasteiger partial charge in [-0.25, -0.2) is 24.2 Å². The summed E-state index contributed by atoms with van der Waals surface area (Å²) in [6.07, 6.45) is 3.00. The monoisotopic (exact) mass is 384 g/mol. The molecule has 2 aromatic heterocycles. The lowest BCUT2D eigenvalue weighted by Gasteiger charge is -2.18. The van der Waals surface area contributed by atoms with E-state index in [9.17, 15) is 4.39 Å². The summed E-state index contributed by atoms with van der Waals surface area (Å²) in [6.45, 7) is 5.54. The van der Waals surface area contributed by atoms with Gasteiger partial charge < -0.3 is 10.1 Å². The fraction of sp³-hybridized carbons (Fsp3) is 0.316. The predicted molar refractivity (Wildman–Crippen MR) is 103 cm³/mol. The van der Waals surface area contributed by atoms with E-state index < -0.39 is 11.8 Å². The Balaban J connectivity index is 1.65. The third-order valence-electron chi connectivity index (χ3n) is 4.40. The number of benzene rings is 1. The number of amidine groups is 1. The Hall–Kier alpha value is -3.20. The molecule has 2 N–H and O–H groups in total. The normalized spacial score (nSPS) is 16.5. The summed E-state index contributed by atoms with van der Waals surface area (Å²) >= 11 is 0. The molecule has 0 aliphatic carbocycles. The van der Waals surface area contributed by atoms with Crippen molar-refractivity contribution >= 4 is 17.2 Å². The lowest BCUT2D eigenvalue weighted by molar-refractivity contribution is -0.0269. The van der Waals surface area contributed by atoms with Crippen molar-refractivity contribution in [1.82, 2.24) is 20.1 Å². The van der Waals surface area contributed by atoms with Gasteiger partial charge in [0.1, 0.15) is 11.9 Å². The van der Waals surface area contributed by atoms with Crippen molar-refractivity contribution in [1.29, 1.82) is 0 Å². The van der Waals surface area contributed by atoms with Gasteiger partial charge in [-0.15, -0.1) is 0 Å². The largest absolute Gasteiger partial charge is 0.470 e. The van der Waals surface area contributed by atoms with E-state index in [0.29, 0.717) is 28.5 Å². The number of aromatic nitrogens is 3. The van der Waals surface area contributed by atoms with E-state index in [-0.39, 0.29) is 5.82 Å². The summed E-state index contributed by atoms with van der Waals surface area (Å²) in [5.41, 5.74) is 4.93. The molecule has 3 aromatic rings. The quantitative estimate of drug-likeness (QED) is 0.703. The smallest absolute Gasteiger partial charge is 0.217 e. The van der Waals surface area contributed by atoms with Crippen molar-refractivity contribution in [2.24, 2.45) is 4.99 Å². The van der Waals surface area contributed by atoms with E-state index in [4.69, 9.17) is 9.57 Å². The minimum absolute atomic E-state index is 0.320. The summed E-state index contributed by atoms with van der Waals surface area (Å²) in [6, 6.07) is 6.25. The van der Waals surface area contributed by atoms with Gasteiger partial charge in [-0.1, -0.05) is 0 Å². The fourth-order valence-electron chi connectivity index (χ4n) is 3.03. The van der Waals surface area contributed by atoms with Gasteiger partial charge in [0.2, 0.25) is 5.88 Å². The van der Waals surface area contributed by atoms with Crippen LogP contribution in [-0.4, -0.2) is 33.2 Å². The lowest BCUT2D eigenvalue weighted by Crippen LogP contribution is -2.23. The number of halogens is 1. The molecule has 0 saturated carbocycles. The highest BCUT2D eigenvalue weighted by Gasteiger charge is 2.28. The maximum atomic E-state index is 13.7. The number of nitrogens with zero attached hydrogens (tertiary/aromatic N) is 4. The number of hydroxylamine groups is 1. The molecule has 8 nitrogen and oxygen atoms in total. The van der Waals surface area contributed by atoms with Crippen LogP contribution < -0.4 is 15.5 Å². The first kappa shape index (κ1) is 18.2. The standard InChI is InChI=1S/C19H21FN6O2/c1-11(13-9-12(20)5-6-15(13)21-4)27-16-7-8-26-18(23-16)14(10-22-26)17-24-19(2,3)28-25-17/h5-11,21H,1-4H3,(H,24,25)/t11-/m1/s1. The van der Waals surface area contributed by atoms with Crippen LogP contribution >= 0.6 is 0 Å². The van der Waals surface area contributed by atoms with Crippen LogP contribution in [0.25, 0.3) is 5.65 Å². The van der Waals surface area contributed by atoms with E-state index in [2.05, 4.69) is 25.9 Å². The number of fused-ring (bicyclic) bond motifs is 1. The number of hydrogen-bond donors (Lipinski definition) is 2. The van der Waals surface area contributed by atoms with Gasteiger partial charge in [-0.2, -0.15) is 10.1 Å². The van der Waals surface area contributed by atoms with E-state index >= 15 is 0 Å². The molecule has 0 fully saturated rings. The number of rotatable bonds is 5. The Bertz CT molecular complexity index is 1060. The summed E-state index contributed by atoms with van der Waals surface area (Å²) in [7, 11) is 1.78. The zero-order valence-electron chi connectivity index (χ0n) is 16.0. The van der Waals surface area contributed by atoms with Crippen molar-refractivity contribution in [2.75, 3.05) is 12.4 Å². The molecule has 0 unspecified atom stereocenters. The van der Waals surface area contributed by atoms with Gasteiger partial charge >= 0.3 is 0 Å². The number of aliphatic imine (C=N–C) groups is 1. The molecule has 0 bridgehead atoms. The maximum Gasteiger partial charge on any atom is 0.217 e. The van der Waals surface area contributed by atoms with Gasteiger partial charge in [0.25, 0.3) is 0 Å². The summed E-state index contributed by atoms with van der Waals surface area (Å²) in [5, 5.41) is 7.34. The molecule has 1 aliphatic heterocycles. The SMILES string of the molecule is CNc1ccc(F)cc1[C@@H](C)Oc1ccn2ncc(C3=NC(C)(C)ON3)c2n1. The second-order valence-corrected chi connectivity index (χ2v) is 6.95. The average Bonchev–Trinajstić information content (AvgIpc) is 3.24.